The number of nitrogens with one attached hydrogen (secondary N) is 1. The van der Waals surface area contributed by atoms with E-state index in [-0.39, 0.29) is 28.8 Å². The quantitative estimate of drug-likeness (QED) is 0.547. The molecule has 7 heteroatoms. The summed E-state index contributed by atoms with van der Waals surface area (Å²) >= 11 is 0. The maximum absolute atomic E-state index is 13.8. The Morgan fingerprint density at radius 3 is 2.39 bits per heavy atom. The molecule has 28 heavy (non-hydrogen) atoms. The van der Waals surface area contributed by atoms with E-state index in [1.807, 2.05) is 0 Å². The molecule has 1 aromatic heterocycles. The number of hydrogen-bond donors (Lipinski definition) is 1. The number of para-hydroxylation sites is 1. The van der Waals surface area contributed by atoms with Gasteiger partial charge in [0, 0.05) is 5.56 Å². The monoisotopic (exact) mass is 377 g/mol. The summed E-state index contributed by atoms with van der Waals surface area (Å²) in [6.07, 6.45) is 0. The normalized spacial score (nSPS) is 10.6. The Kier molecular flexibility index (Phi) is 4.63. The second-order valence-electron chi connectivity index (χ2n) is 5.91. The molecular formula is C21H13F2N3O2. The number of halogens is 2. The van der Waals surface area contributed by atoms with Gasteiger partial charge in [-0.3, -0.25) is 4.79 Å². The van der Waals surface area contributed by atoms with Crippen LogP contribution in [0.1, 0.15) is 10.4 Å². The lowest BCUT2D eigenvalue weighted by atomic mass is 10.1. The van der Waals surface area contributed by atoms with Gasteiger partial charge in [0.25, 0.3) is 11.8 Å². The zero-order valence-corrected chi connectivity index (χ0v) is 14.4. The van der Waals surface area contributed by atoms with Crippen LogP contribution in [-0.2, 0) is 0 Å². The average Bonchev–Trinajstić information content (AvgIpc) is 3.20. The van der Waals surface area contributed by atoms with Crippen molar-refractivity contribution in [3.05, 3.63) is 90.0 Å². The lowest BCUT2D eigenvalue weighted by Gasteiger charge is -2.08. The minimum Gasteiger partial charge on any atom is -0.334 e. The molecule has 1 heterocycles. The number of nitrogens with zero attached hydrogens (tertiary/aromatic N) is 2. The van der Waals surface area contributed by atoms with Gasteiger partial charge < -0.3 is 9.84 Å². The molecule has 0 saturated carbocycles. The fraction of sp³-hybridized carbons (Fsp3) is 0. The van der Waals surface area contributed by atoms with E-state index in [1.165, 1.54) is 42.5 Å². The highest BCUT2D eigenvalue weighted by atomic mass is 19.1. The van der Waals surface area contributed by atoms with Crippen LogP contribution in [0.3, 0.4) is 0 Å². The van der Waals surface area contributed by atoms with Gasteiger partial charge in [-0.1, -0.05) is 29.4 Å². The molecule has 1 N–H and O–H groups in total. The Bertz CT molecular complexity index is 1140. The van der Waals surface area contributed by atoms with E-state index in [4.69, 9.17) is 4.52 Å². The first kappa shape index (κ1) is 17.5. The Hall–Kier alpha value is -3.87. The molecule has 138 valence electrons. The number of amides is 1. The first-order chi connectivity index (χ1) is 13.6. The highest BCUT2D eigenvalue weighted by Gasteiger charge is 2.19. The lowest BCUT2D eigenvalue weighted by Crippen LogP contribution is -2.14. The van der Waals surface area contributed by atoms with E-state index in [9.17, 15) is 13.6 Å². The largest absolute Gasteiger partial charge is 0.334 e. The van der Waals surface area contributed by atoms with Crippen LogP contribution in [0, 0.1) is 11.6 Å². The Morgan fingerprint density at radius 2 is 1.61 bits per heavy atom. The van der Waals surface area contributed by atoms with Crippen molar-refractivity contribution in [3.63, 3.8) is 0 Å². The molecule has 4 rings (SSSR count). The van der Waals surface area contributed by atoms with Gasteiger partial charge in [0.1, 0.15) is 11.6 Å². The minimum absolute atomic E-state index is 0.0693. The fourth-order valence-electron chi connectivity index (χ4n) is 2.67. The summed E-state index contributed by atoms with van der Waals surface area (Å²) < 4.78 is 32.2. The summed E-state index contributed by atoms with van der Waals surface area (Å²) in [5.74, 6) is -1.03. The Balaban J connectivity index is 1.66. The molecule has 0 aliphatic carbocycles. The van der Waals surface area contributed by atoms with Gasteiger partial charge >= 0.3 is 0 Å². The SMILES string of the molecule is O=C(Nc1ccccc1F)c1ccccc1-c1nc(-c2ccc(F)cc2)no1. The van der Waals surface area contributed by atoms with Gasteiger partial charge in [-0.2, -0.15) is 4.98 Å². The molecule has 0 spiro atoms. The molecule has 0 fully saturated rings. The van der Waals surface area contributed by atoms with Crippen molar-refractivity contribution in [2.45, 2.75) is 0 Å². The Labute approximate surface area is 158 Å². The molecule has 0 aliphatic heterocycles. The third-order valence-electron chi connectivity index (χ3n) is 4.05. The van der Waals surface area contributed by atoms with E-state index in [0.29, 0.717) is 11.1 Å². The van der Waals surface area contributed by atoms with Gasteiger partial charge in [-0.05, 0) is 48.5 Å². The highest BCUT2D eigenvalue weighted by molar-refractivity contribution is 6.08. The Morgan fingerprint density at radius 1 is 0.893 bits per heavy atom. The van der Waals surface area contributed by atoms with Gasteiger partial charge in [-0.25, -0.2) is 8.78 Å². The molecule has 4 aromatic rings. The van der Waals surface area contributed by atoms with Crippen LogP contribution in [-0.4, -0.2) is 16.0 Å². The molecule has 5 nitrogen and oxygen atoms in total. The highest BCUT2D eigenvalue weighted by Crippen LogP contribution is 2.26. The number of hydrogen-bond acceptors (Lipinski definition) is 4. The smallest absolute Gasteiger partial charge is 0.259 e. The van der Waals surface area contributed by atoms with Crippen molar-refractivity contribution in [3.8, 4) is 22.8 Å². The van der Waals surface area contributed by atoms with Crippen LogP contribution in [0.4, 0.5) is 14.5 Å². The third-order valence-corrected chi connectivity index (χ3v) is 4.05. The first-order valence-electron chi connectivity index (χ1n) is 8.37. The zero-order valence-electron chi connectivity index (χ0n) is 14.4. The van der Waals surface area contributed by atoms with Crippen molar-refractivity contribution in [1.29, 1.82) is 0 Å². The fourth-order valence-corrected chi connectivity index (χ4v) is 2.67. The average molecular weight is 377 g/mol. The van der Waals surface area contributed by atoms with E-state index in [2.05, 4.69) is 15.5 Å². The molecule has 0 bridgehead atoms. The summed E-state index contributed by atoms with van der Waals surface area (Å²) in [4.78, 5) is 17.0. The van der Waals surface area contributed by atoms with E-state index in [0.717, 1.165) is 0 Å². The summed E-state index contributed by atoms with van der Waals surface area (Å²) in [6.45, 7) is 0. The van der Waals surface area contributed by atoms with Gasteiger partial charge in [-0.15, -0.1) is 0 Å². The van der Waals surface area contributed by atoms with Crippen LogP contribution >= 0.6 is 0 Å². The van der Waals surface area contributed by atoms with Crippen molar-refractivity contribution >= 4 is 11.6 Å². The summed E-state index contributed by atoms with van der Waals surface area (Å²) in [5, 5.41) is 6.43. The maximum atomic E-state index is 13.8. The van der Waals surface area contributed by atoms with Crippen molar-refractivity contribution < 1.29 is 18.1 Å². The third kappa shape index (κ3) is 3.50. The number of carbonyl (C=O) groups is 1. The van der Waals surface area contributed by atoms with E-state index < -0.39 is 11.7 Å². The second kappa shape index (κ2) is 7.40. The number of anilines is 1. The van der Waals surface area contributed by atoms with Crippen molar-refractivity contribution in [2.24, 2.45) is 0 Å². The summed E-state index contributed by atoms with van der Waals surface area (Å²) in [5.41, 5.74) is 1.29. The predicted molar refractivity (Wildman–Crippen MR) is 99.5 cm³/mol. The molecule has 0 atom stereocenters. The standard InChI is InChI=1S/C21H13F2N3O2/c22-14-11-9-13(10-12-14)19-25-21(28-26-19)16-6-2-1-5-15(16)20(27)24-18-8-4-3-7-17(18)23/h1-12H,(H,24,27). The number of aromatic nitrogens is 2. The van der Waals surface area contributed by atoms with Gasteiger partial charge in [0.05, 0.1) is 16.8 Å². The predicted octanol–water partition coefficient (Wildman–Crippen LogP) is 4.93. The van der Waals surface area contributed by atoms with Crippen LogP contribution in [0.25, 0.3) is 22.8 Å². The number of benzene rings is 3. The minimum atomic E-state index is -0.537. The van der Waals surface area contributed by atoms with Crippen molar-refractivity contribution in [1.82, 2.24) is 10.1 Å². The summed E-state index contributed by atoms with van der Waals surface area (Å²) in [7, 11) is 0. The molecule has 0 unspecified atom stereocenters. The van der Waals surface area contributed by atoms with E-state index >= 15 is 0 Å². The van der Waals surface area contributed by atoms with Crippen LogP contribution < -0.4 is 5.32 Å². The number of rotatable bonds is 4. The van der Waals surface area contributed by atoms with Crippen LogP contribution in [0.15, 0.2) is 77.3 Å². The van der Waals surface area contributed by atoms with Crippen molar-refractivity contribution in [2.75, 3.05) is 5.32 Å². The van der Waals surface area contributed by atoms with Crippen LogP contribution in [0.5, 0.6) is 0 Å². The molecule has 0 aliphatic rings. The topological polar surface area (TPSA) is 68.0 Å². The summed E-state index contributed by atoms with van der Waals surface area (Å²) in [6, 6.07) is 18.2. The zero-order chi connectivity index (χ0) is 19.5. The number of carbonyl (C=O) groups excluding carboxylic acids is 1. The van der Waals surface area contributed by atoms with Crippen LogP contribution in [0.2, 0.25) is 0 Å². The maximum Gasteiger partial charge on any atom is 0.259 e. The molecule has 0 radical (unpaired) electrons. The second-order valence-corrected chi connectivity index (χ2v) is 5.91. The first-order valence-corrected chi connectivity index (χ1v) is 8.37. The van der Waals surface area contributed by atoms with Gasteiger partial charge in [0.15, 0.2) is 0 Å². The molecular weight excluding hydrogens is 364 g/mol. The molecule has 0 saturated heterocycles. The van der Waals surface area contributed by atoms with E-state index in [1.54, 1.807) is 30.3 Å². The van der Waals surface area contributed by atoms with Gasteiger partial charge in [0.2, 0.25) is 5.82 Å². The lowest BCUT2D eigenvalue weighted by molar-refractivity contribution is 0.102. The molecule has 1 amide bonds. The molecule has 3 aromatic carbocycles.